The molecule has 1 fully saturated rings. The van der Waals surface area contributed by atoms with E-state index >= 15 is 0 Å². The maximum atomic E-state index is 3.66. The summed E-state index contributed by atoms with van der Waals surface area (Å²) in [6, 6.07) is 9.01. The van der Waals surface area contributed by atoms with Crippen molar-refractivity contribution in [3.05, 3.63) is 24.3 Å². The van der Waals surface area contributed by atoms with Crippen LogP contribution in [-0.4, -0.2) is 35.7 Å². The van der Waals surface area contributed by atoms with Gasteiger partial charge in [-0.15, -0.1) is 0 Å². The van der Waals surface area contributed by atoms with Gasteiger partial charge in [0.25, 0.3) is 0 Å². The predicted molar refractivity (Wildman–Crippen MR) is 74.1 cm³/mol. The summed E-state index contributed by atoms with van der Waals surface area (Å²) in [6.07, 6.45) is 5.27. The van der Waals surface area contributed by atoms with Gasteiger partial charge >= 0.3 is 5.96 Å². The van der Waals surface area contributed by atoms with E-state index in [-0.39, 0.29) is 0 Å². The monoisotopic (exact) mass is 245 g/mol. The Kier molecular flexibility index (Phi) is 2.86. The zero-order chi connectivity index (χ0) is 12.5. The number of benzene rings is 1. The molecule has 4 nitrogen and oxygen atoms in total. The maximum absolute atomic E-state index is 3.66. The van der Waals surface area contributed by atoms with Gasteiger partial charge in [0.2, 0.25) is 0 Å². The fraction of sp³-hybridized carbons (Fsp3) is 0.500. The highest BCUT2D eigenvalue weighted by Crippen LogP contribution is 2.27. The summed E-state index contributed by atoms with van der Waals surface area (Å²) in [6.45, 7) is 0. The Labute approximate surface area is 108 Å². The van der Waals surface area contributed by atoms with E-state index in [0.717, 1.165) is 11.6 Å². The fourth-order valence-corrected chi connectivity index (χ4v) is 2.88. The number of fused-ring (bicyclic) bond motifs is 1. The number of para-hydroxylation sites is 2. The minimum atomic E-state index is 0.622. The highest BCUT2D eigenvalue weighted by molar-refractivity contribution is 5.82. The molecule has 1 aliphatic carbocycles. The van der Waals surface area contributed by atoms with Crippen molar-refractivity contribution >= 4 is 17.3 Å². The topological polar surface area (TPSA) is 30.3 Å². The lowest BCUT2D eigenvalue weighted by atomic mass is 10.2. The molecule has 0 unspecified atom stereocenters. The van der Waals surface area contributed by atoms with Crippen LogP contribution in [0.3, 0.4) is 0 Å². The summed E-state index contributed by atoms with van der Waals surface area (Å²) in [5.74, 6) is 1.14. The molecule has 0 saturated heterocycles. The average molecular weight is 245 g/mol. The van der Waals surface area contributed by atoms with Crippen LogP contribution in [-0.2, 0) is 0 Å². The largest absolute Gasteiger partial charge is 0.375 e. The van der Waals surface area contributed by atoms with Crippen molar-refractivity contribution in [3.63, 3.8) is 0 Å². The Balaban J connectivity index is 1.91. The first-order chi connectivity index (χ1) is 8.75. The zero-order valence-electron chi connectivity index (χ0n) is 11.1. The van der Waals surface area contributed by atoms with Crippen molar-refractivity contribution in [2.75, 3.05) is 19.5 Å². The Hall–Kier alpha value is -1.71. The van der Waals surface area contributed by atoms with Crippen molar-refractivity contribution in [2.45, 2.75) is 31.7 Å². The second-order valence-corrected chi connectivity index (χ2v) is 5.20. The van der Waals surface area contributed by atoms with Crippen molar-refractivity contribution in [1.29, 1.82) is 0 Å². The smallest absolute Gasteiger partial charge is 0.273 e. The quantitative estimate of drug-likeness (QED) is 0.743. The van der Waals surface area contributed by atoms with Gasteiger partial charge in [0.05, 0.1) is 20.1 Å². The second kappa shape index (κ2) is 4.52. The highest BCUT2D eigenvalue weighted by atomic mass is 15.6. The highest BCUT2D eigenvalue weighted by Gasteiger charge is 2.29. The molecule has 0 bridgehead atoms. The van der Waals surface area contributed by atoms with Crippen LogP contribution in [0, 0.1) is 0 Å². The van der Waals surface area contributed by atoms with Crippen LogP contribution >= 0.6 is 0 Å². The van der Waals surface area contributed by atoms with Gasteiger partial charge in [-0.1, -0.05) is 12.1 Å². The van der Waals surface area contributed by atoms with Crippen molar-refractivity contribution in [2.24, 2.45) is 0 Å². The summed E-state index contributed by atoms with van der Waals surface area (Å²) < 4.78 is 2.23. The van der Waals surface area contributed by atoms with E-state index in [1.54, 1.807) is 0 Å². The molecule has 1 heterocycles. The number of nitrogens with one attached hydrogen (secondary N) is 2. The number of nitrogens with zero attached hydrogens (tertiary/aromatic N) is 2. The molecule has 1 aromatic carbocycles. The van der Waals surface area contributed by atoms with Crippen molar-refractivity contribution < 1.29 is 4.58 Å². The number of hydrogen-bond acceptors (Lipinski definition) is 3. The van der Waals surface area contributed by atoms with Gasteiger partial charge < -0.3 is 0 Å². The number of guanidine groups is 1. The molecule has 1 aromatic rings. The van der Waals surface area contributed by atoms with Crippen LogP contribution in [0.5, 0.6) is 0 Å². The summed E-state index contributed by atoms with van der Waals surface area (Å²) in [4.78, 5) is 0. The summed E-state index contributed by atoms with van der Waals surface area (Å²) in [7, 11) is 4.18. The Morgan fingerprint density at radius 1 is 1.28 bits per heavy atom. The third kappa shape index (κ3) is 1.92. The third-order valence-electron chi connectivity index (χ3n) is 3.88. The van der Waals surface area contributed by atoms with Gasteiger partial charge in [-0.05, 0) is 37.8 Å². The van der Waals surface area contributed by atoms with Crippen LogP contribution in [0.25, 0.3) is 0 Å². The van der Waals surface area contributed by atoms with E-state index in [1.165, 1.54) is 31.4 Å². The lowest BCUT2D eigenvalue weighted by molar-refractivity contribution is -0.415. The number of hydrazine groups is 1. The Bertz CT molecular complexity index is 474. The van der Waals surface area contributed by atoms with Gasteiger partial charge in [0.15, 0.2) is 0 Å². The van der Waals surface area contributed by atoms with Crippen LogP contribution in [0.15, 0.2) is 24.3 Å². The van der Waals surface area contributed by atoms with Crippen LogP contribution in [0.4, 0.5) is 11.4 Å². The van der Waals surface area contributed by atoms with Crippen molar-refractivity contribution in [1.82, 2.24) is 10.3 Å². The number of anilines is 1. The molecule has 0 spiro atoms. The zero-order valence-corrected chi connectivity index (χ0v) is 11.1. The summed E-state index contributed by atoms with van der Waals surface area (Å²) in [5, 5.41) is 5.73. The number of hydrogen-bond donors (Lipinski definition) is 2. The predicted octanol–water partition coefficient (Wildman–Crippen LogP) is 2.12. The van der Waals surface area contributed by atoms with Gasteiger partial charge in [0.1, 0.15) is 11.4 Å². The molecule has 0 aromatic heterocycles. The standard InChI is InChI=1S/C14H20N4/c1-17-13-10-6-5-9-12(13)16-18(2)14(17)15-11-7-3-4-8-11/h5-6,9-11,16H,3-4,7-8H2,1-2H3/p+1. The Morgan fingerprint density at radius 3 is 2.78 bits per heavy atom. The molecule has 0 radical (unpaired) electrons. The minimum Gasteiger partial charge on any atom is -0.273 e. The summed E-state index contributed by atoms with van der Waals surface area (Å²) >= 11 is 0. The van der Waals surface area contributed by atoms with Crippen LogP contribution in [0.1, 0.15) is 25.7 Å². The molecule has 1 aliphatic heterocycles. The van der Waals surface area contributed by atoms with E-state index in [2.05, 4.69) is 58.7 Å². The first-order valence-electron chi connectivity index (χ1n) is 6.72. The Morgan fingerprint density at radius 2 is 2.00 bits per heavy atom. The molecule has 0 atom stereocenters. The van der Waals surface area contributed by atoms with E-state index in [4.69, 9.17) is 0 Å². The SMILES string of the molecule is CN1Nc2ccccc2[N+](C)=C1NC1CCCC1. The average Bonchev–Trinajstić information content (AvgIpc) is 2.87. The molecular formula is C14H21N4+. The second-order valence-electron chi connectivity index (χ2n) is 5.20. The summed E-state index contributed by atoms with van der Waals surface area (Å²) in [5.41, 5.74) is 5.78. The molecule has 2 aliphatic rings. The van der Waals surface area contributed by atoms with Gasteiger partial charge in [-0.3, -0.25) is 5.32 Å². The molecule has 4 heteroatoms. The van der Waals surface area contributed by atoms with Crippen LogP contribution in [0.2, 0.25) is 0 Å². The normalized spacial score (nSPS) is 19.8. The molecule has 96 valence electrons. The number of rotatable bonds is 1. The third-order valence-corrected chi connectivity index (χ3v) is 3.88. The fourth-order valence-electron chi connectivity index (χ4n) is 2.88. The van der Waals surface area contributed by atoms with E-state index in [0.29, 0.717) is 6.04 Å². The maximum Gasteiger partial charge on any atom is 0.375 e. The van der Waals surface area contributed by atoms with Gasteiger partial charge in [0, 0.05) is 0 Å². The molecular weight excluding hydrogens is 224 g/mol. The first kappa shape index (κ1) is 11.4. The van der Waals surface area contributed by atoms with E-state index in [1.807, 2.05) is 0 Å². The molecule has 1 saturated carbocycles. The molecule has 18 heavy (non-hydrogen) atoms. The van der Waals surface area contributed by atoms with E-state index < -0.39 is 0 Å². The first-order valence-corrected chi connectivity index (χ1v) is 6.72. The minimum absolute atomic E-state index is 0.622. The van der Waals surface area contributed by atoms with Gasteiger partial charge in [-0.25, -0.2) is 10.0 Å². The lowest BCUT2D eigenvalue weighted by Crippen LogP contribution is -2.51. The van der Waals surface area contributed by atoms with Crippen molar-refractivity contribution in [3.8, 4) is 0 Å². The molecule has 2 N–H and O–H groups in total. The van der Waals surface area contributed by atoms with E-state index in [9.17, 15) is 0 Å². The molecule has 0 amide bonds. The van der Waals surface area contributed by atoms with Crippen LogP contribution < -0.4 is 10.7 Å². The van der Waals surface area contributed by atoms with Gasteiger partial charge in [-0.2, -0.15) is 5.01 Å². The lowest BCUT2D eigenvalue weighted by Gasteiger charge is -2.27. The molecule has 3 rings (SSSR count).